The van der Waals surface area contributed by atoms with Crippen molar-refractivity contribution >= 4 is 34.8 Å². The van der Waals surface area contributed by atoms with Gasteiger partial charge in [0.2, 0.25) is 0 Å². The molecule has 0 aliphatic carbocycles. The summed E-state index contributed by atoms with van der Waals surface area (Å²) in [6, 6.07) is 10.8. The maximum absolute atomic E-state index is 13.1. The largest absolute Gasteiger partial charge is 0.481 e. The van der Waals surface area contributed by atoms with Crippen molar-refractivity contribution in [2.45, 2.75) is 19.4 Å². The van der Waals surface area contributed by atoms with E-state index in [2.05, 4.69) is 5.32 Å². The van der Waals surface area contributed by atoms with Gasteiger partial charge in [-0.05, 0) is 42.8 Å². The van der Waals surface area contributed by atoms with Gasteiger partial charge in [-0.3, -0.25) is 4.79 Å². The Morgan fingerprint density at radius 1 is 1.27 bits per heavy atom. The number of hydrogen-bond donors (Lipinski definition) is 1. The third-order valence-corrected chi connectivity index (χ3v) is 3.45. The summed E-state index contributed by atoms with van der Waals surface area (Å²) in [5.41, 5.74) is 0.407. The highest BCUT2D eigenvalue weighted by atomic mass is 35.5. The molecule has 0 aromatic heterocycles. The summed E-state index contributed by atoms with van der Waals surface area (Å²) in [6.45, 7) is 1.83. The van der Waals surface area contributed by atoms with E-state index in [4.69, 9.17) is 27.9 Å². The Labute approximate surface area is 138 Å². The van der Waals surface area contributed by atoms with Crippen LogP contribution in [0.25, 0.3) is 0 Å². The van der Waals surface area contributed by atoms with Gasteiger partial charge in [0.05, 0.1) is 5.02 Å². The summed E-state index contributed by atoms with van der Waals surface area (Å²) >= 11 is 11.6. The van der Waals surface area contributed by atoms with Crippen molar-refractivity contribution < 1.29 is 13.9 Å². The highest BCUT2D eigenvalue weighted by Gasteiger charge is 2.19. The minimum absolute atomic E-state index is 0.0541. The molecule has 0 aliphatic heterocycles. The number of carbonyl (C=O) groups is 1. The zero-order chi connectivity index (χ0) is 16.1. The van der Waals surface area contributed by atoms with Gasteiger partial charge in [0.25, 0.3) is 5.91 Å². The molecule has 0 aliphatic rings. The van der Waals surface area contributed by atoms with Crippen LogP contribution in [0.2, 0.25) is 10.0 Å². The van der Waals surface area contributed by atoms with Crippen LogP contribution in [0, 0.1) is 5.82 Å². The standard InChI is InChI=1S/C16H14Cl2FNO2/c1-2-15(22-12-5-3-4-10(17)8-12)16(21)20-11-6-7-14(19)13(18)9-11/h3-9,15H,2H2,1H3,(H,20,21). The monoisotopic (exact) mass is 341 g/mol. The van der Waals surface area contributed by atoms with Crippen LogP contribution in [0.4, 0.5) is 10.1 Å². The fourth-order valence-electron chi connectivity index (χ4n) is 1.82. The van der Waals surface area contributed by atoms with Gasteiger partial charge >= 0.3 is 0 Å². The number of nitrogens with one attached hydrogen (secondary N) is 1. The third kappa shape index (κ3) is 4.36. The molecule has 0 fully saturated rings. The third-order valence-electron chi connectivity index (χ3n) is 2.92. The Bertz CT molecular complexity index is 679. The normalized spacial score (nSPS) is 11.8. The second kappa shape index (κ2) is 7.47. The van der Waals surface area contributed by atoms with Crippen LogP contribution in [0.1, 0.15) is 13.3 Å². The number of halogens is 3. The first kappa shape index (κ1) is 16.6. The van der Waals surface area contributed by atoms with E-state index in [-0.39, 0.29) is 10.9 Å². The van der Waals surface area contributed by atoms with Gasteiger partial charge in [0, 0.05) is 10.7 Å². The Morgan fingerprint density at radius 3 is 2.68 bits per heavy atom. The zero-order valence-corrected chi connectivity index (χ0v) is 13.3. The van der Waals surface area contributed by atoms with Crippen molar-refractivity contribution in [3.63, 3.8) is 0 Å². The fourth-order valence-corrected chi connectivity index (χ4v) is 2.18. The molecule has 0 saturated carbocycles. The maximum Gasteiger partial charge on any atom is 0.265 e. The van der Waals surface area contributed by atoms with E-state index in [0.717, 1.165) is 0 Å². The molecular formula is C16H14Cl2FNO2. The molecule has 1 unspecified atom stereocenters. The van der Waals surface area contributed by atoms with Crippen molar-refractivity contribution in [1.29, 1.82) is 0 Å². The van der Waals surface area contributed by atoms with Crippen molar-refractivity contribution in [2.75, 3.05) is 5.32 Å². The predicted molar refractivity (Wildman–Crippen MR) is 86.2 cm³/mol. The smallest absolute Gasteiger partial charge is 0.265 e. The van der Waals surface area contributed by atoms with E-state index in [0.29, 0.717) is 22.9 Å². The number of benzene rings is 2. The van der Waals surface area contributed by atoms with Gasteiger partial charge < -0.3 is 10.1 Å². The Balaban J connectivity index is 2.06. The molecule has 1 N–H and O–H groups in total. The molecule has 2 aromatic carbocycles. The highest BCUT2D eigenvalue weighted by Crippen LogP contribution is 2.22. The molecule has 0 saturated heterocycles. The van der Waals surface area contributed by atoms with Crippen molar-refractivity contribution in [2.24, 2.45) is 0 Å². The number of rotatable bonds is 5. The number of ether oxygens (including phenoxy) is 1. The van der Waals surface area contributed by atoms with Crippen molar-refractivity contribution in [3.8, 4) is 5.75 Å². The first-order chi connectivity index (χ1) is 10.5. The summed E-state index contributed by atoms with van der Waals surface area (Å²) < 4.78 is 18.7. The molecule has 6 heteroatoms. The first-order valence-electron chi connectivity index (χ1n) is 6.67. The van der Waals surface area contributed by atoms with Crippen LogP contribution < -0.4 is 10.1 Å². The van der Waals surface area contributed by atoms with E-state index >= 15 is 0 Å². The minimum Gasteiger partial charge on any atom is -0.481 e. The topological polar surface area (TPSA) is 38.3 Å². The van der Waals surface area contributed by atoms with E-state index in [1.807, 2.05) is 6.92 Å². The molecule has 2 rings (SSSR count). The minimum atomic E-state index is -0.692. The Kier molecular flexibility index (Phi) is 5.63. The van der Waals surface area contributed by atoms with E-state index in [1.165, 1.54) is 18.2 Å². The van der Waals surface area contributed by atoms with Gasteiger partial charge in [-0.2, -0.15) is 0 Å². The summed E-state index contributed by atoms with van der Waals surface area (Å²) in [5, 5.41) is 3.12. The van der Waals surface area contributed by atoms with Crippen LogP contribution in [0.5, 0.6) is 5.75 Å². The van der Waals surface area contributed by atoms with E-state index in [1.54, 1.807) is 24.3 Å². The van der Waals surface area contributed by atoms with Crippen molar-refractivity contribution in [3.05, 3.63) is 58.3 Å². The number of anilines is 1. The van der Waals surface area contributed by atoms with E-state index < -0.39 is 11.9 Å². The molecule has 2 aromatic rings. The maximum atomic E-state index is 13.1. The van der Waals surface area contributed by atoms with Crippen LogP contribution in [0.3, 0.4) is 0 Å². The number of amides is 1. The average molecular weight is 342 g/mol. The average Bonchev–Trinajstić information content (AvgIpc) is 2.48. The summed E-state index contributed by atoms with van der Waals surface area (Å²) in [5.74, 6) is -0.376. The molecule has 22 heavy (non-hydrogen) atoms. The lowest BCUT2D eigenvalue weighted by atomic mass is 10.2. The van der Waals surface area contributed by atoms with Gasteiger partial charge in [-0.15, -0.1) is 0 Å². The lowest BCUT2D eigenvalue weighted by Gasteiger charge is -2.17. The zero-order valence-electron chi connectivity index (χ0n) is 11.8. The van der Waals surface area contributed by atoms with Crippen LogP contribution in [-0.4, -0.2) is 12.0 Å². The van der Waals surface area contributed by atoms with Gasteiger partial charge in [-0.25, -0.2) is 4.39 Å². The second-order valence-electron chi connectivity index (χ2n) is 4.59. The van der Waals surface area contributed by atoms with E-state index in [9.17, 15) is 9.18 Å². The van der Waals surface area contributed by atoms with Gasteiger partial charge in [-0.1, -0.05) is 36.2 Å². The molecule has 0 radical (unpaired) electrons. The highest BCUT2D eigenvalue weighted by molar-refractivity contribution is 6.31. The molecule has 1 amide bonds. The summed E-state index contributed by atoms with van der Waals surface area (Å²) in [6.07, 6.45) is -0.227. The van der Waals surface area contributed by atoms with Crippen LogP contribution in [-0.2, 0) is 4.79 Å². The Morgan fingerprint density at radius 2 is 2.05 bits per heavy atom. The Hall–Kier alpha value is -1.78. The molecule has 116 valence electrons. The quantitative estimate of drug-likeness (QED) is 0.837. The number of hydrogen-bond acceptors (Lipinski definition) is 2. The van der Waals surface area contributed by atoms with Gasteiger partial charge in [0.15, 0.2) is 6.10 Å². The molecule has 0 heterocycles. The summed E-state index contributed by atoms with van der Waals surface area (Å²) in [4.78, 5) is 12.2. The molecule has 1 atom stereocenters. The number of carbonyl (C=O) groups excluding carboxylic acids is 1. The van der Waals surface area contributed by atoms with Gasteiger partial charge in [0.1, 0.15) is 11.6 Å². The molecule has 0 bridgehead atoms. The first-order valence-corrected chi connectivity index (χ1v) is 7.43. The van der Waals surface area contributed by atoms with Crippen LogP contribution in [0.15, 0.2) is 42.5 Å². The SMILES string of the molecule is CCC(Oc1cccc(Cl)c1)C(=O)Nc1ccc(F)c(Cl)c1. The molecule has 3 nitrogen and oxygen atoms in total. The lowest BCUT2D eigenvalue weighted by molar-refractivity contribution is -0.122. The molecular weight excluding hydrogens is 328 g/mol. The predicted octanol–water partition coefficient (Wildman–Crippen LogP) is 4.93. The molecule has 0 spiro atoms. The summed E-state index contributed by atoms with van der Waals surface area (Å²) in [7, 11) is 0. The van der Waals surface area contributed by atoms with Crippen LogP contribution >= 0.6 is 23.2 Å². The lowest BCUT2D eigenvalue weighted by Crippen LogP contribution is -2.32. The second-order valence-corrected chi connectivity index (χ2v) is 5.43. The van der Waals surface area contributed by atoms with Crippen molar-refractivity contribution in [1.82, 2.24) is 0 Å². The fraction of sp³-hybridized carbons (Fsp3) is 0.188.